The van der Waals surface area contributed by atoms with Crippen molar-refractivity contribution < 1.29 is 23.9 Å². The van der Waals surface area contributed by atoms with Crippen molar-refractivity contribution in [2.75, 3.05) is 18.6 Å². The second kappa shape index (κ2) is 9.61. The van der Waals surface area contributed by atoms with Crippen LogP contribution in [0.4, 0.5) is 5.69 Å². The molecule has 2 amide bonds. The van der Waals surface area contributed by atoms with Crippen LogP contribution in [0, 0.1) is 6.92 Å². The first-order valence-corrected chi connectivity index (χ1v) is 11.3. The summed E-state index contributed by atoms with van der Waals surface area (Å²) in [5.74, 6) is -0.928. The Hall–Kier alpha value is -4.14. The second-order valence-corrected chi connectivity index (χ2v) is 8.57. The van der Waals surface area contributed by atoms with Crippen LogP contribution in [-0.2, 0) is 22.6 Å². The summed E-state index contributed by atoms with van der Waals surface area (Å²) in [5.41, 5.74) is 1.26. The summed E-state index contributed by atoms with van der Waals surface area (Å²) in [7, 11) is 1.23. The van der Waals surface area contributed by atoms with Crippen LogP contribution in [0.25, 0.3) is 0 Å². The largest absolute Gasteiger partial charge is 0.494 e. The van der Waals surface area contributed by atoms with E-state index in [2.05, 4.69) is 10.3 Å². The summed E-state index contributed by atoms with van der Waals surface area (Å²) in [6, 6.07) is 14.8. The molecule has 1 N–H and O–H groups in total. The van der Waals surface area contributed by atoms with Crippen LogP contribution in [0.5, 0.6) is 5.75 Å². The number of amides is 2. The number of carbonyl (C=O) groups is 3. The average Bonchev–Trinajstić information content (AvgIpc) is 3.28. The highest BCUT2D eigenvalue weighted by atomic mass is 16.5. The molecule has 35 heavy (non-hydrogen) atoms. The Bertz CT molecular complexity index is 1250. The Balaban J connectivity index is 1.72. The number of carbonyl (C=O) groups excluding carboxylic acids is 3. The monoisotopic (exact) mass is 476 g/mol. The minimum atomic E-state index is -1.30. The zero-order valence-electron chi connectivity index (χ0n) is 20.2. The number of imidazole rings is 1. The first-order chi connectivity index (χ1) is 16.8. The molecule has 0 radical (unpaired) electrons. The average molecular weight is 477 g/mol. The number of nitrogens with zero attached hydrogens (tertiary/aromatic N) is 3. The molecule has 182 valence electrons. The van der Waals surface area contributed by atoms with E-state index in [1.165, 1.54) is 22.9 Å². The lowest BCUT2D eigenvalue weighted by Crippen LogP contribution is -2.64. The Morgan fingerprint density at radius 1 is 1.11 bits per heavy atom. The van der Waals surface area contributed by atoms with Crippen LogP contribution in [-0.4, -0.2) is 46.6 Å². The maximum absolute atomic E-state index is 13.8. The van der Waals surface area contributed by atoms with Crippen LogP contribution < -0.4 is 15.0 Å². The molecule has 0 aliphatic carbocycles. The van der Waals surface area contributed by atoms with Gasteiger partial charge in [-0.05, 0) is 50.6 Å². The Kier molecular flexibility index (Phi) is 6.59. The molecular formula is C26H28N4O5. The van der Waals surface area contributed by atoms with E-state index < -0.39 is 17.4 Å². The van der Waals surface area contributed by atoms with Crippen LogP contribution >= 0.6 is 0 Å². The van der Waals surface area contributed by atoms with Crippen molar-refractivity contribution in [2.45, 2.75) is 39.4 Å². The van der Waals surface area contributed by atoms with Crippen LogP contribution in [0.3, 0.4) is 0 Å². The van der Waals surface area contributed by atoms with E-state index in [1.54, 1.807) is 31.2 Å². The molecule has 0 fully saturated rings. The number of methoxy groups -OCH3 is 1. The molecule has 2 heterocycles. The van der Waals surface area contributed by atoms with Gasteiger partial charge in [-0.1, -0.05) is 29.8 Å². The number of ether oxygens (including phenoxy) is 2. The predicted octanol–water partition coefficient (Wildman–Crippen LogP) is 3.11. The lowest BCUT2D eigenvalue weighted by Gasteiger charge is -2.43. The summed E-state index contributed by atoms with van der Waals surface area (Å²) >= 11 is 0. The van der Waals surface area contributed by atoms with Crippen LogP contribution in [0.15, 0.2) is 54.9 Å². The third-order valence-electron chi connectivity index (χ3n) is 6.06. The number of benzene rings is 2. The summed E-state index contributed by atoms with van der Waals surface area (Å²) < 4.78 is 11.9. The first kappa shape index (κ1) is 24.0. The molecule has 1 aliphatic rings. The minimum Gasteiger partial charge on any atom is -0.494 e. The number of fused-ring (bicyclic) bond motifs is 1. The van der Waals surface area contributed by atoms with Gasteiger partial charge in [0.05, 0.1) is 26.6 Å². The first-order valence-electron chi connectivity index (χ1n) is 11.3. The van der Waals surface area contributed by atoms with Crippen molar-refractivity contribution in [1.29, 1.82) is 0 Å². The molecular weight excluding hydrogens is 448 g/mol. The molecule has 0 bridgehead atoms. The Morgan fingerprint density at radius 2 is 1.80 bits per heavy atom. The quantitative estimate of drug-likeness (QED) is 0.526. The molecule has 2 aromatic carbocycles. The molecule has 0 saturated heterocycles. The standard InChI is InChI=1S/C26H28N4O5/c1-5-35-20-12-10-19(11-13-20)30-23(31)22-21(24(32)34-4)28-16-29(22)15-26(30,3)25(33)27-14-18-8-6-17(2)7-9-18/h6-13,16H,5,14-15H2,1-4H3,(H,27,33). The highest BCUT2D eigenvalue weighted by Crippen LogP contribution is 2.34. The van der Waals surface area contributed by atoms with E-state index in [1.807, 2.05) is 38.1 Å². The summed E-state index contributed by atoms with van der Waals surface area (Å²) in [5, 5.41) is 2.97. The Labute approximate surface area is 203 Å². The topological polar surface area (TPSA) is 103 Å². The highest BCUT2D eigenvalue weighted by molar-refractivity contribution is 6.15. The third kappa shape index (κ3) is 4.49. The van der Waals surface area contributed by atoms with E-state index >= 15 is 0 Å². The molecule has 9 heteroatoms. The summed E-state index contributed by atoms with van der Waals surface area (Å²) in [6.07, 6.45) is 1.39. The van der Waals surface area contributed by atoms with E-state index in [4.69, 9.17) is 9.47 Å². The van der Waals surface area contributed by atoms with E-state index in [-0.39, 0.29) is 23.8 Å². The highest BCUT2D eigenvalue weighted by Gasteiger charge is 2.49. The van der Waals surface area contributed by atoms with Gasteiger partial charge in [-0.2, -0.15) is 0 Å². The number of anilines is 1. The number of nitrogens with one attached hydrogen (secondary N) is 1. The van der Waals surface area contributed by atoms with Crippen molar-refractivity contribution in [3.05, 3.63) is 77.4 Å². The van der Waals surface area contributed by atoms with Crippen molar-refractivity contribution in [2.24, 2.45) is 0 Å². The van der Waals surface area contributed by atoms with Gasteiger partial charge in [-0.3, -0.25) is 14.5 Å². The predicted molar refractivity (Wildman–Crippen MR) is 129 cm³/mol. The molecule has 1 aliphatic heterocycles. The van der Waals surface area contributed by atoms with Crippen molar-refractivity contribution in [3.63, 3.8) is 0 Å². The van der Waals surface area contributed by atoms with Gasteiger partial charge in [0.25, 0.3) is 5.91 Å². The summed E-state index contributed by atoms with van der Waals surface area (Å²) in [4.78, 5) is 45.2. The van der Waals surface area contributed by atoms with Gasteiger partial charge >= 0.3 is 5.97 Å². The maximum atomic E-state index is 13.8. The zero-order valence-corrected chi connectivity index (χ0v) is 20.2. The fourth-order valence-electron chi connectivity index (χ4n) is 4.22. The van der Waals surface area contributed by atoms with Gasteiger partial charge in [0.1, 0.15) is 17.0 Å². The van der Waals surface area contributed by atoms with Gasteiger partial charge < -0.3 is 19.4 Å². The van der Waals surface area contributed by atoms with E-state index in [0.717, 1.165) is 11.1 Å². The lowest BCUT2D eigenvalue weighted by atomic mass is 9.93. The number of hydrogen-bond donors (Lipinski definition) is 1. The fraction of sp³-hybridized carbons (Fsp3) is 0.308. The number of aromatic nitrogens is 2. The van der Waals surface area contributed by atoms with Crippen LogP contribution in [0.2, 0.25) is 0 Å². The SMILES string of the molecule is CCOc1ccc(N2C(=O)c3c(C(=O)OC)ncn3CC2(C)C(=O)NCc2ccc(C)cc2)cc1. The molecule has 1 unspecified atom stereocenters. The maximum Gasteiger partial charge on any atom is 0.359 e. The van der Waals surface area contributed by atoms with Gasteiger partial charge in [-0.15, -0.1) is 0 Å². The molecule has 4 rings (SSSR count). The third-order valence-corrected chi connectivity index (χ3v) is 6.06. The second-order valence-electron chi connectivity index (χ2n) is 8.57. The van der Waals surface area contributed by atoms with Crippen molar-refractivity contribution >= 4 is 23.5 Å². The van der Waals surface area contributed by atoms with Gasteiger partial charge in [0, 0.05) is 12.2 Å². The van der Waals surface area contributed by atoms with Crippen molar-refractivity contribution in [3.8, 4) is 5.75 Å². The Morgan fingerprint density at radius 3 is 2.43 bits per heavy atom. The van der Waals surface area contributed by atoms with Gasteiger partial charge in [-0.25, -0.2) is 9.78 Å². The van der Waals surface area contributed by atoms with Crippen molar-refractivity contribution in [1.82, 2.24) is 14.9 Å². The van der Waals surface area contributed by atoms with Gasteiger partial charge in [0.2, 0.25) is 5.91 Å². The minimum absolute atomic E-state index is 0.0783. The van der Waals surface area contributed by atoms with E-state index in [0.29, 0.717) is 24.6 Å². The smallest absolute Gasteiger partial charge is 0.359 e. The molecule has 1 aromatic heterocycles. The van der Waals surface area contributed by atoms with Gasteiger partial charge in [0.15, 0.2) is 5.69 Å². The fourth-order valence-corrected chi connectivity index (χ4v) is 4.22. The van der Waals surface area contributed by atoms with E-state index in [9.17, 15) is 14.4 Å². The normalized spacial score (nSPS) is 17.0. The summed E-state index contributed by atoms with van der Waals surface area (Å²) in [6.45, 7) is 6.49. The number of esters is 1. The number of hydrogen-bond acceptors (Lipinski definition) is 6. The lowest BCUT2D eigenvalue weighted by molar-refractivity contribution is -0.126. The molecule has 0 spiro atoms. The number of aryl methyl sites for hydroxylation is 1. The molecule has 0 saturated carbocycles. The van der Waals surface area contributed by atoms with Crippen LogP contribution in [0.1, 0.15) is 46.0 Å². The molecule has 9 nitrogen and oxygen atoms in total. The number of rotatable bonds is 7. The molecule has 3 aromatic rings. The zero-order chi connectivity index (χ0) is 25.2. The molecule has 1 atom stereocenters.